The number of hydrogen-bond acceptors (Lipinski definition) is 6. The second-order valence-electron chi connectivity index (χ2n) is 5.92. The molecule has 0 aliphatic carbocycles. The van der Waals surface area contributed by atoms with Gasteiger partial charge in [0.25, 0.3) is 0 Å². The van der Waals surface area contributed by atoms with Gasteiger partial charge in [-0.05, 0) is 50.1 Å². The van der Waals surface area contributed by atoms with E-state index in [0.29, 0.717) is 5.75 Å². The van der Waals surface area contributed by atoms with Gasteiger partial charge in [0.1, 0.15) is 12.1 Å². The second-order valence-corrected chi connectivity index (χ2v) is 5.92. The van der Waals surface area contributed by atoms with Crippen LogP contribution in [0.5, 0.6) is 11.6 Å². The summed E-state index contributed by atoms with van der Waals surface area (Å²) in [6, 6.07) is 12.9. The van der Waals surface area contributed by atoms with Gasteiger partial charge >= 0.3 is 11.6 Å². The number of rotatable bonds is 5. The maximum atomic E-state index is 11.6. The summed E-state index contributed by atoms with van der Waals surface area (Å²) >= 11 is 0. The zero-order chi connectivity index (χ0) is 18.7. The van der Waals surface area contributed by atoms with Crippen LogP contribution in [-0.2, 0) is 0 Å². The molecule has 0 aliphatic rings. The molecule has 0 spiro atoms. The van der Waals surface area contributed by atoms with Crippen LogP contribution in [0.1, 0.15) is 16.7 Å². The summed E-state index contributed by atoms with van der Waals surface area (Å²) in [7, 11) is 0. The molecule has 0 saturated heterocycles. The topological polar surface area (TPSA) is 90.2 Å². The van der Waals surface area contributed by atoms with E-state index in [2.05, 4.69) is 15.3 Å². The highest BCUT2D eigenvalue weighted by Gasteiger charge is 2.25. The van der Waals surface area contributed by atoms with Crippen LogP contribution in [0.2, 0.25) is 0 Å². The van der Waals surface area contributed by atoms with E-state index in [9.17, 15) is 10.1 Å². The monoisotopic (exact) mass is 350 g/mol. The van der Waals surface area contributed by atoms with Gasteiger partial charge in [0.05, 0.1) is 4.92 Å². The molecule has 1 N–H and O–H groups in total. The van der Waals surface area contributed by atoms with E-state index < -0.39 is 4.92 Å². The first-order chi connectivity index (χ1) is 12.5. The third-order valence-electron chi connectivity index (χ3n) is 4.06. The van der Waals surface area contributed by atoms with E-state index in [1.165, 1.54) is 6.33 Å². The number of benzene rings is 2. The number of nitro groups is 1. The van der Waals surface area contributed by atoms with Crippen molar-refractivity contribution in [2.45, 2.75) is 20.8 Å². The predicted octanol–water partition coefficient (Wildman–Crippen LogP) is 4.85. The second kappa shape index (κ2) is 7.18. The van der Waals surface area contributed by atoms with Gasteiger partial charge in [0, 0.05) is 5.69 Å². The maximum Gasteiger partial charge on any atom is 0.373 e. The molecule has 2 aromatic carbocycles. The molecule has 0 bridgehead atoms. The predicted molar refractivity (Wildman–Crippen MR) is 99.1 cm³/mol. The molecule has 0 saturated carbocycles. The van der Waals surface area contributed by atoms with Gasteiger partial charge in [-0.2, -0.15) is 4.98 Å². The van der Waals surface area contributed by atoms with Crippen molar-refractivity contribution in [3.8, 4) is 11.6 Å². The van der Waals surface area contributed by atoms with Crippen LogP contribution < -0.4 is 10.1 Å². The summed E-state index contributed by atoms with van der Waals surface area (Å²) in [6.07, 6.45) is 1.24. The number of aromatic nitrogens is 2. The normalized spacial score (nSPS) is 10.4. The van der Waals surface area contributed by atoms with Gasteiger partial charge in [-0.15, -0.1) is 0 Å². The third kappa shape index (κ3) is 3.61. The molecule has 26 heavy (non-hydrogen) atoms. The summed E-state index contributed by atoms with van der Waals surface area (Å²) in [5, 5.41) is 14.7. The first-order valence-corrected chi connectivity index (χ1v) is 8.03. The number of nitrogens with zero attached hydrogens (tertiary/aromatic N) is 3. The van der Waals surface area contributed by atoms with Crippen LogP contribution in [0.3, 0.4) is 0 Å². The lowest BCUT2D eigenvalue weighted by Crippen LogP contribution is -2.04. The number of hydrogen-bond donors (Lipinski definition) is 1. The Morgan fingerprint density at radius 2 is 1.77 bits per heavy atom. The smallest absolute Gasteiger partial charge is 0.373 e. The van der Waals surface area contributed by atoms with Crippen molar-refractivity contribution < 1.29 is 9.66 Å². The highest BCUT2D eigenvalue weighted by molar-refractivity contribution is 5.71. The zero-order valence-corrected chi connectivity index (χ0v) is 14.7. The molecule has 3 rings (SSSR count). The van der Waals surface area contributed by atoms with Crippen molar-refractivity contribution in [3.63, 3.8) is 0 Å². The Morgan fingerprint density at radius 1 is 1.04 bits per heavy atom. The first kappa shape index (κ1) is 17.3. The third-order valence-corrected chi connectivity index (χ3v) is 4.06. The van der Waals surface area contributed by atoms with Crippen molar-refractivity contribution in [1.82, 2.24) is 9.97 Å². The Balaban J connectivity index is 1.99. The van der Waals surface area contributed by atoms with Crippen LogP contribution in [-0.4, -0.2) is 14.9 Å². The molecule has 7 heteroatoms. The number of nitrogens with one attached hydrogen (secondary N) is 1. The molecular weight excluding hydrogens is 332 g/mol. The van der Waals surface area contributed by atoms with Crippen molar-refractivity contribution in [2.75, 3.05) is 5.32 Å². The first-order valence-electron chi connectivity index (χ1n) is 8.03. The molecule has 1 heterocycles. The molecule has 0 atom stereocenters. The summed E-state index contributed by atoms with van der Waals surface area (Å²) in [5.74, 6) is 0.442. The Hall–Kier alpha value is -3.48. The highest BCUT2D eigenvalue weighted by Crippen LogP contribution is 2.36. The van der Waals surface area contributed by atoms with Gasteiger partial charge in [-0.3, -0.25) is 10.1 Å². The minimum atomic E-state index is -0.545. The molecule has 0 unspecified atom stereocenters. The molecule has 0 radical (unpaired) electrons. The molecule has 0 fully saturated rings. The largest absolute Gasteiger partial charge is 0.434 e. The van der Waals surface area contributed by atoms with Crippen molar-refractivity contribution >= 4 is 17.2 Å². The average Bonchev–Trinajstić information content (AvgIpc) is 2.61. The lowest BCUT2D eigenvalue weighted by atomic mass is 10.1. The molecule has 3 aromatic rings. The van der Waals surface area contributed by atoms with Gasteiger partial charge in [0.2, 0.25) is 5.82 Å². The quantitative estimate of drug-likeness (QED) is 0.523. The Kier molecular flexibility index (Phi) is 4.79. The Labute approximate surface area is 150 Å². The summed E-state index contributed by atoms with van der Waals surface area (Å²) in [6.45, 7) is 5.86. The minimum absolute atomic E-state index is 0.0841. The van der Waals surface area contributed by atoms with E-state index in [1.807, 2.05) is 51.1 Å². The van der Waals surface area contributed by atoms with Crippen LogP contribution in [0.4, 0.5) is 17.2 Å². The van der Waals surface area contributed by atoms with Crippen molar-refractivity contribution in [2.24, 2.45) is 0 Å². The number of aryl methyl sites for hydroxylation is 2. The summed E-state index contributed by atoms with van der Waals surface area (Å²) in [4.78, 5) is 19.1. The van der Waals surface area contributed by atoms with Gasteiger partial charge in [0.15, 0.2) is 0 Å². The van der Waals surface area contributed by atoms with Gasteiger partial charge in [-0.1, -0.05) is 29.8 Å². The number of ether oxygens (including phenoxy) is 1. The molecule has 132 valence electrons. The zero-order valence-electron chi connectivity index (χ0n) is 14.7. The number of anilines is 2. The van der Waals surface area contributed by atoms with E-state index in [0.717, 1.165) is 22.4 Å². The van der Waals surface area contributed by atoms with E-state index in [1.54, 1.807) is 12.1 Å². The summed E-state index contributed by atoms with van der Waals surface area (Å²) < 4.78 is 5.63. The lowest BCUT2D eigenvalue weighted by molar-refractivity contribution is -0.385. The molecule has 0 aliphatic heterocycles. The van der Waals surface area contributed by atoms with E-state index in [4.69, 9.17) is 4.74 Å². The van der Waals surface area contributed by atoms with Crippen molar-refractivity contribution in [1.29, 1.82) is 0 Å². The fourth-order valence-electron chi connectivity index (χ4n) is 2.43. The van der Waals surface area contributed by atoms with Gasteiger partial charge in [-0.25, -0.2) is 4.98 Å². The lowest BCUT2D eigenvalue weighted by Gasteiger charge is -2.12. The maximum absolute atomic E-state index is 11.6. The van der Waals surface area contributed by atoms with Crippen LogP contribution in [0.25, 0.3) is 0 Å². The average molecular weight is 350 g/mol. The standard InChI is InChI=1S/C19H18N4O3/c1-12-7-9-15(10-8-12)26-19-17(23(24)25)18(20-11-21-19)22-16-6-4-5-13(2)14(16)3/h4-11H,1-3H3,(H,20,21,22). The molecular formula is C19H18N4O3. The summed E-state index contributed by atoms with van der Waals surface area (Å²) in [5.41, 5.74) is 3.55. The molecule has 0 amide bonds. The Morgan fingerprint density at radius 3 is 2.46 bits per heavy atom. The van der Waals surface area contributed by atoms with E-state index >= 15 is 0 Å². The SMILES string of the molecule is Cc1ccc(Oc2ncnc(Nc3cccc(C)c3C)c2[N+](=O)[O-])cc1. The van der Waals surface area contributed by atoms with Crippen LogP contribution >= 0.6 is 0 Å². The Bertz CT molecular complexity index is 955. The fourth-order valence-corrected chi connectivity index (χ4v) is 2.43. The fraction of sp³-hybridized carbons (Fsp3) is 0.158. The van der Waals surface area contributed by atoms with Gasteiger partial charge < -0.3 is 10.1 Å². The van der Waals surface area contributed by atoms with Crippen LogP contribution in [0, 0.1) is 30.9 Å². The van der Waals surface area contributed by atoms with Crippen LogP contribution in [0.15, 0.2) is 48.8 Å². The minimum Gasteiger partial charge on any atom is -0.434 e. The van der Waals surface area contributed by atoms with Crippen molar-refractivity contribution in [3.05, 3.63) is 75.6 Å². The molecule has 1 aromatic heterocycles. The van der Waals surface area contributed by atoms with E-state index in [-0.39, 0.29) is 17.4 Å². The highest BCUT2D eigenvalue weighted by atomic mass is 16.6. The molecule has 7 nitrogen and oxygen atoms in total.